The van der Waals surface area contributed by atoms with Gasteiger partial charge in [-0.3, -0.25) is 10.3 Å². The molecule has 0 aromatic heterocycles. The molecular weight excluding hydrogens is 407 g/mol. The molecule has 0 radical (unpaired) electrons. The Hall–Kier alpha value is -3.00. The van der Waals surface area contributed by atoms with E-state index in [4.69, 9.17) is 4.84 Å². The van der Waals surface area contributed by atoms with E-state index in [0.717, 1.165) is 29.8 Å². The molecule has 164 valence electrons. The molecule has 2 N–H and O–H groups in total. The number of alkyl halides is 3. The second-order valence-electron chi connectivity index (χ2n) is 7.83. The van der Waals surface area contributed by atoms with Crippen molar-refractivity contribution in [1.29, 1.82) is 0 Å². The van der Waals surface area contributed by atoms with E-state index in [9.17, 15) is 18.0 Å². The molecule has 8 heteroatoms. The second kappa shape index (κ2) is 8.26. The summed E-state index contributed by atoms with van der Waals surface area (Å²) in [4.78, 5) is 20.2. The highest BCUT2D eigenvalue weighted by atomic mass is 19.4. The van der Waals surface area contributed by atoms with Crippen LogP contribution in [0.4, 0.5) is 23.7 Å². The maximum absolute atomic E-state index is 12.8. The number of likely N-dealkylation sites (tertiary alicyclic amines) is 1. The van der Waals surface area contributed by atoms with Gasteiger partial charge in [0, 0.05) is 31.6 Å². The van der Waals surface area contributed by atoms with Gasteiger partial charge in [-0.1, -0.05) is 37.3 Å². The molecule has 2 aliphatic rings. The summed E-state index contributed by atoms with van der Waals surface area (Å²) in [5.74, 6) is 0. The molecule has 31 heavy (non-hydrogen) atoms. The van der Waals surface area contributed by atoms with Crippen LogP contribution in [0.25, 0.3) is 5.70 Å². The summed E-state index contributed by atoms with van der Waals surface area (Å²) in [6.45, 7) is 3.07. The zero-order valence-electron chi connectivity index (χ0n) is 17.1. The minimum Gasteiger partial charge on any atom is -0.324 e. The Morgan fingerprint density at radius 3 is 2.45 bits per heavy atom. The average Bonchev–Trinajstić information content (AvgIpc) is 3.17. The predicted octanol–water partition coefficient (Wildman–Crippen LogP) is 5.21. The van der Waals surface area contributed by atoms with Crippen LogP contribution in [0.3, 0.4) is 0 Å². The molecule has 4 rings (SSSR count). The molecule has 2 amide bonds. The molecule has 1 spiro atoms. The van der Waals surface area contributed by atoms with E-state index in [-0.39, 0.29) is 6.03 Å². The van der Waals surface area contributed by atoms with E-state index in [1.54, 1.807) is 4.90 Å². The minimum atomic E-state index is -4.36. The molecule has 5 nitrogen and oxygen atoms in total. The third-order valence-electron chi connectivity index (χ3n) is 5.83. The van der Waals surface area contributed by atoms with Crippen LogP contribution < -0.4 is 10.8 Å². The van der Waals surface area contributed by atoms with Gasteiger partial charge in [-0.05, 0) is 41.8 Å². The first kappa shape index (κ1) is 21.2. The monoisotopic (exact) mass is 431 g/mol. The van der Waals surface area contributed by atoms with Crippen molar-refractivity contribution in [3.8, 4) is 0 Å². The van der Waals surface area contributed by atoms with Gasteiger partial charge in [0.1, 0.15) is 5.60 Å². The first-order valence-electron chi connectivity index (χ1n) is 10.3. The topological polar surface area (TPSA) is 53.6 Å². The highest BCUT2D eigenvalue weighted by Crippen LogP contribution is 2.36. The molecule has 2 aliphatic heterocycles. The fraction of sp³-hybridized carbons (Fsp3) is 0.348. The van der Waals surface area contributed by atoms with Gasteiger partial charge in [0.2, 0.25) is 0 Å². The normalized spacial score (nSPS) is 17.9. The highest BCUT2D eigenvalue weighted by Gasteiger charge is 2.40. The van der Waals surface area contributed by atoms with Crippen molar-refractivity contribution < 1.29 is 22.8 Å². The molecule has 0 atom stereocenters. The van der Waals surface area contributed by atoms with Gasteiger partial charge < -0.3 is 10.2 Å². The molecule has 0 unspecified atom stereocenters. The number of rotatable bonds is 3. The fourth-order valence-electron chi connectivity index (χ4n) is 3.94. The zero-order chi connectivity index (χ0) is 22.1. The van der Waals surface area contributed by atoms with Gasteiger partial charge >= 0.3 is 12.2 Å². The van der Waals surface area contributed by atoms with Crippen LogP contribution in [0.15, 0.2) is 54.6 Å². The number of hydroxylamine groups is 1. The van der Waals surface area contributed by atoms with Crippen molar-refractivity contribution in [2.24, 2.45) is 0 Å². The number of benzene rings is 2. The number of anilines is 1. The molecule has 0 aliphatic carbocycles. The van der Waals surface area contributed by atoms with Crippen LogP contribution in [0.5, 0.6) is 0 Å². The number of hydrogen-bond donors (Lipinski definition) is 2. The van der Waals surface area contributed by atoms with Gasteiger partial charge in [-0.2, -0.15) is 13.2 Å². The summed E-state index contributed by atoms with van der Waals surface area (Å²) < 4.78 is 38.3. The van der Waals surface area contributed by atoms with Gasteiger partial charge in [0.25, 0.3) is 0 Å². The Morgan fingerprint density at radius 2 is 1.81 bits per heavy atom. The lowest BCUT2D eigenvalue weighted by atomic mass is 9.90. The first-order valence-corrected chi connectivity index (χ1v) is 10.3. The number of urea groups is 1. The van der Waals surface area contributed by atoms with Crippen LogP contribution in [0.2, 0.25) is 0 Å². The smallest absolute Gasteiger partial charge is 0.324 e. The quantitative estimate of drug-likeness (QED) is 0.702. The Bertz CT molecular complexity index is 978. The molecule has 1 saturated heterocycles. The van der Waals surface area contributed by atoms with Crippen molar-refractivity contribution in [2.45, 2.75) is 38.0 Å². The van der Waals surface area contributed by atoms with Crippen molar-refractivity contribution in [1.82, 2.24) is 10.4 Å². The lowest BCUT2D eigenvalue weighted by Crippen LogP contribution is -2.48. The van der Waals surface area contributed by atoms with Crippen LogP contribution in [-0.2, 0) is 17.4 Å². The number of nitrogens with one attached hydrogen (secondary N) is 2. The number of carbonyl (C=O) groups is 1. The maximum Gasteiger partial charge on any atom is 0.416 e. The lowest BCUT2D eigenvalue weighted by Gasteiger charge is -2.36. The zero-order valence-corrected chi connectivity index (χ0v) is 17.1. The summed E-state index contributed by atoms with van der Waals surface area (Å²) >= 11 is 0. The average molecular weight is 431 g/mol. The lowest BCUT2D eigenvalue weighted by molar-refractivity contribution is -0.137. The van der Waals surface area contributed by atoms with Crippen LogP contribution in [0.1, 0.15) is 36.5 Å². The third-order valence-corrected chi connectivity index (χ3v) is 5.83. The van der Waals surface area contributed by atoms with Crippen LogP contribution in [-0.4, -0.2) is 29.6 Å². The first-order chi connectivity index (χ1) is 14.8. The largest absolute Gasteiger partial charge is 0.416 e. The van der Waals surface area contributed by atoms with E-state index in [0.29, 0.717) is 37.2 Å². The van der Waals surface area contributed by atoms with Gasteiger partial charge in [0.15, 0.2) is 0 Å². The summed E-state index contributed by atoms with van der Waals surface area (Å²) in [5, 5.41) is 2.99. The predicted molar refractivity (Wildman–Crippen MR) is 112 cm³/mol. The maximum atomic E-state index is 12.8. The minimum absolute atomic E-state index is 0.145. The molecule has 2 aromatic rings. The molecule has 2 heterocycles. The van der Waals surface area contributed by atoms with Gasteiger partial charge in [-0.15, -0.1) is 0 Å². The Balaban J connectivity index is 1.39. The van der Waals surface area contributed by atoms with Crippen LogP contribution in [0, 0.1) is 0 Å². The number of para-hydroxylation sites is 1. The Labute approximate surface area is 178 Å². The van der Waals surface area contributed by atoms with Crippen molar-refractivity contribution >= 4 is 17.4 Å². The van der Waals surface area contributed by atoms with Crippen LogP contribution >= 0.6 is 0 Å². The molecule has 2 aromatic carbocycles. The second-order valence-corrected chi connectivity index (χ2v) is 7.83. The van der Waals surface area contributed by atoms with E-state index >= 15 is 0 Å². The SMILES string of the molecule is CCc1ccccc1NC(=O)N1CCC2(C=C(c3ccc(C(F)(F)F)cc3)NO2)CC1. The number of nitrogens with zero attached hydrogens (tertiary/aromatic N) is 1. The summed E-state index contributed by atoms with van der Waals surface area (Å²) in [6, 6.07) is 12.6. The number of piperidine rings is 1. The summed E-state index contributed by atoms with van der Waals surface area (Å²) in [5.41, 5.74) is 4.76. The molecular formula is C23H24F3N3O2. The third kappa shape index (κ3) is 4.54. The number of amides is 2. The van der Waals surface area contributed by atoms with E-state index in [1.807, 2.05) is 37.3 Å². The van der Waals surface area contributed by atoms with Crippen molar-refractivity contribution in [2.75, 3.05) is 18.4 Å². The van der Waals surface area contributed by atoms with E-state index in [2.05, 4.69) is 10.8 Å². The molecule has 1 fully saturated rings. The Morgan fingerprint density at radius 1 is 1.13 bits per heavy atom. The standard InChI is InChI=1S/C23H24F3N3O2/c1-2-16-5-3-4-6-19(16)27-21(30)29-13-11-22(12-14-29)15-20(28-31-22)17-7-9-18(10-8-17)23(24,25)26/h3-10,15,28H,2,11-14H2,1H3,(H,27,30). The summed E-state index contributed by atoms with van der Waals surface area (Å²) in [7, 11) is 0. The van der Waals surface area contributed by atoms with Crippen molar-refractivity contribution in [3.63, 3.8) is 0 Å². The number of carbonyl (C=O) groups excluding carboxylic acids is 1. The number of hydrogen-bond acceptors (Lipinski definition) is 3. The number of aryl methyl sites for hydroxylation is 1. The molecule has 0 saturated carbocycles. The highest BCUT2D eigenvalue weighted by molar-refractivity contribution is 5.90. The Kier molecular flexibility index (Phi) is 5.66. The van der Waals surface area contributed by atoms with E-state index < -0.39 is 17.3 Å². The van der Waals surface area contributed by atoms with Crippen molar-refractivity contribution in [3.05, 3.63) is 71.3 Å². The van der Waals surface area contributed by atoms with E-state index in [1.165, 1.54) is 12.1 Å². The number of halogens is 3. The molecule has 0 bridgehead atoms. The van der Waals surface area contributed by atoms with Gasteiger partial charge in [-0.25, -0.2) is 4.79 Å². The fourth-order valence-corrected chi connectivity index (χ4v) is 3.94. The van der Waals surface area contributed by atoms with Gasteiger partial charge in [0.05, 0.1) is 11.3 Å². The summed E-state index contributed by atoms with van der Waals surface area (Å²) in [6.07, 6.45) is -0.438.